The molecule has 108 valence electrons. The van der Waals surface area contributed by atoms with E-state index in [1.165, 1.54) is 6.07 Å². The number of para-hydroxylation sites is 1. The van der Waals surface area contributed by atoms with Crippen LogP contribution in [0.15, 0.2) is 24.3 Å². The highest BCUT2D eigenvalue weighted by molar-refractivity contribution is 5.23. The Kier molecular flexibility index (Phi) is 5.76. The molecule has 0 aromatic heterocycles. The van der Waals surface area contributed by atoms with Crippen LogP contribution in [0.25, 0.3) is 0 Å². The van der Waals surface area contributed by atoms with Gasteiger partial charge < -0.3 is 15.2 Å². The first-order valence-corrected chi connectivity index (χ1v) is 6.66. The SMILES string of the molecule is CC(C)NC(C)(CO)CC(C)Oc1ccccc1F. The molecule has 0 aliphatic carbocycles. The highest BCUT2D eigenvalue weighted by Gasteiger charge is 2.27. The first-order valence-electron chi connectivity index (χ1n) is 6.66. The van der Waals surface area contributed by atoms with Gasteiger partial charge in [0.25, 0.3) is 0 Å². The van der Waals surface area contributed by atoms with Crippen molar-refractivity contribution in [2.24, 2.45) is 0 Å². The molecule has 0 saturated carbocycles. The van der Waals surface area contributed by atoms with Crippen LogP contribution in [0, 0.1) is 5.82 Å². The number of hydrogen-bond donors (Lipinski definition) is 2. The fourth-order valence-electron chi connectivity index (χ4n) is 2.30. The summed E-state index contributed by atoms with van der Waals surface area (Å²) >= 11 is 0. The quantitative estimate of drug-likeness (QED) is 0.799. The number of ether oxygens (including phenoxy) is 1. The van der Waals surface area contributed by atoms with Crippen LogP contribution in [0.2, 0.25) is 0 Å². The summed E-state index contributed by atoms with van der Waals surface area (Å²) < 4.78 is 19.1. The number of rotatable bonds is 7. The van der Waals surface area contributed by atoms with Crippen LogP contribution in [0.3, 0.4) is 0 Å². The van der Waals surface area contributed by atoms with Gasteiger partial charge in [0, 0.05) is 18.0 Å². The van der Waals surface area contributed by atoms with E-state index in [1.807, 2.05) is 27.7 Å². The van der Waals surface area contributed by atoms with Crippen molar-refractivity contribution < 1.29 is 14.2 Å². The molecule has 0 fully saturated rings. The van der Waals surface area contributed by atoms with Crippen molar-refractivity contribution >= 4 is 0 Å². The third-order valence-electron chi connectivity index (χ3n) is 2.89. The monoisotopic (exact) mass is 269 g/mol. The van der Waals surface area contributed by atoms with E-state index in [1.54, 1.807) is 18.2 Å². The topological polar surface area (TPSA) is 41.5 Å². The minimum Gasteiger partial charge on any atom is -0.488 e. The van der Waals surface area contributed by atoms with Crippen molar-refractivity contribution in [2.75, 3.05) is 6.61 Å². The minimum atomic E-state index is -0.432. The molecule has 2 N–H and O–H groups in total. The Morgan fingerprint density at radius 1 is 1.32 bits per heavy atom. The predicted molar refractivity (Wildman–Crippen MR) is 74.9 cm³/mol. The number of aliphatic hydroxyl groups excluding tert-OH is 1. The zero-order valence-electron chi connectivity index (χ0n) is 12.1. The number of halogens is 1. The fraction of sp³-hybridized carbons (Fsp3) is 0.600. The molecule has 0 radical (unpaired) electrons. The normalized spacial score (nSPS) is 16.2. The van der Waals surface area contributed by atoms with E-state index in [9.17, 15) is 9.50 Å². The average molecular weight is 269 g/mol. The summed E-state index contributed by atoms with van der Waals surface area (Å²) in [5.74, 6) is -0.114. The van der Waals surface area contributed by atoms with Gasteiger partial charge in [-0.05, 0) is 26.0 Å². The van der Waals surface area contributed by atoms with Crippen LogP contribution >= 0.6 is 0 Å². The lowest BCUT2D eigenvalue weighted by atomic mass is 9.94. The van der Waals surface area contributed by atoms with Gasteiger partial charge >= 0.3 is 0 Å². The van der Waals surface area contributed by atoms with E-state index >= 15 is 0 Å². The second-order valence-electron chi connectivity index (χ2n) is 5.58. The molecular weight excluding hydrogens is 245 g/mol. The van der Waals surface area contributed by atoms with E-state index in [2.05, 4.69) is 5.32 Å². The van der Waals surface area contributed by atoms with Gasteiger partial charge in [0.1, 0.15) is 0 Å². The van der Waals surface area contributed by atoms with Crippen molar-refractivity contribution in [3.8, 4) is 5.75 Å². The zero-order chi connectivity index (χ0) is 14.5. The Morgan fingerprint density at radius 2 is 1.95 bits per heavy atom. The average Bonchev–Trinajstić information content (AvgIpc) is 2.31. The van der Waals surface area contributed by atoms with E-state index in [4.69, 9.17) is 4.74 Å². The van der Waals surface area contributed by atoms with Crippen LogP contribution in [0.5, 0.6) is 5.75 Å². The summed E-state index contributed by atoms with van der Waals surface area (Å²) in [5, 5.41) is 12.8. The first kappa shape index (κ1) is 15.9. The summed E-state index contributed by atoms with van der Waals surface area (Å²) in [6.45, 7) is 7.87. The molecule has 0 spiro atoms. The van der Waals surface area contributed by atoms with Gasteiger partial charge in [-0.15, -0.1) is 0 Å². The molecule has 0 heterocycles. The molecule has 0 amide bonds. The molecule has 1 aromatic carbocycles. The van der Waals surface area contributed by atoms with Crippen molar-refractivity contribution in [3.05, 3.63) is 30.1 Å². The fourth-order valence-corrected chi connectivity index (χ4v) is 2.30. The number of hydrogen-bond acceptors (Lipinski definition) is 3. The van der Waals surface area contributed by atoms with Crippen LogP contribution in [0.1, 0.15) is 34.1 Å². The van der Waals surface area contributed by atoms with E-state index < -0.39 is 5.54 Å². The Labute approximate surface area is 114 Å². The van der Waals surface area contributed by atoms with E-state index in [0.29, 0.717) is 6.42 Å². The number of nitrogens with one attached hydrogen (secondary N) is 1. The Hall–Kier alpha value is -1.13. The van der Waals surface area contributed by atoms with Gasteiger partial charge in [0.2, 0.25) is 0 Å². The lowest BCUT2D eigenvalue weighted by molar-refractivity contribution is 0.102. The molecule has 1 aromatic rings. The van der Waals surface area contributed by atoms with Crippen LogP contribution in [0.4, 0.5) is 4.39 Å². The third kappa shape index (κ3) is 5.17. The molecule has 2 atom stereocenters. The molecule has 0 aliphatic rings. The largest absolute Gasteiger partial charge is 0.488 e. The first-order chi connectivity index (χ1) is 8.86. The standard InChI is InChI=1S/C15H24FNO2/c1-11(2)17-15(4,10-18)9-12(3)19-14-8-6-5-7-13(14)16/h5-8,11-12,17-18H,9-10H2,1-4H3. The maximum atomic E-state index is 13.5. The molecular formula is C15H24FNO2. The van der Waals surface area contributed by atoms with Gasteiger partial charge in [-0.3, -0.25) is 0 Å². The van der Waals surface area contributed by atoms with Crippen LogP contribution in [-0.4, -0.2) is 29.4 Å². The van der Waals surface area contributed by atoms with Crippen molar-refractivity contribution in [2.45, 2.75) is 51.8 Å². The Balaban J connectivity index is 2.63. The summed E-state index contributed by atoms with van der Waals surface area (Å²) in [7, 11) is 0. The summed E-state index contributed by atoms with van der Waals surface area (Å²) in [4.78, 5) is 0. The predicted octanol–water partition coefficient (Wildman–Crippen LogP) is 2.73. The second-order valence-corrected chi connectivity index (χ2v) is 5.58. The highest BCUT2D eigenvalue weighted by Crippen LogP contribution is 2.21. The van der Waals surface area contributed by atoms with Crippen molar-refractivity contribution in [3.63, 3.8) is 0 Å². The lowest BCUT2D eigenvalue weighted by Gasteiger charge is -2.33. The van der Waals surface area contributed by atoms with E-state index in [0.717, 1.165) is 0 Å². The van der Waals surface area contributed by atoms with Crippen LogP contribution in [-0.2, 0) is 0 Å². The molecule has 0 saturated heterocycles. The van der Waals surface area contributed by atoms with Gasteiger partial charge in [0.15, 0.2) is 11.6 Å². The Bertz CT molecular complexity index is 397. The summed E-state index contributed by atoms with van der Waals surface area (Å²) in [5.41, 5.74) is -0.432. The number of benzene rings is 1. The third-order valence-corrected chi connectivity index (χ3v) is 2.89. The molecule has 19 heavy (non-hydrogen) atoms. The molecule has 2 unspecified atom stereocenters. The molecule has 3 nitrogen and oxygen atoms in total. The lowest BCUT2D eigenvalue weighted by Crippen LogP contribution is -2.51. The maximum Gasteiger partial charge on any atom is 0.165 e. The van der Waals surface area contributed by atoms with Crippen molar-refractivity contribution in [1.82, 2.24) is 5.32 Å². The van der Waals surface area contributed by atoms with Gasteiger partial charge in [-0.2, -0.15) is 0 Å². The van der Waals surface area contributed by atoms with Crippen molar-refractivity contribution in [1.29, 1.82) is 0 Å². The zero-order valence-corrected chi connectivity index (χ0v) is 12.1. The maximum absolute atomic E-state index is 13.5. The molecule has 0 aliphatic heterocycles. The molecule has 0 bridgehead atoms. The number of aliphatic hydroxyl groups is 1. The summed E-state index contributed by atoms with van der Waals surface area (Å²) in [6, 6.07) is 6.61. The Morgan fingerprint density at radius 3 is 2.47 bits per heavy atom. The summed E-state index contributed by atoms with van der Waals surface area (Å²) in [6.07, 6.45) is 0.399. The second kappa shape index (κ2) is 6.87. The van der Waals surface area contributed by atoms with Gasteiger partial charge in [0.05, 0.1) is 12.7 Å². The molecule has 1 rings (SSSR count). The highest BCUT2D eigenvalue weighted by atomic mass is 19.1. The van der Waals surface area contributed by atoms with Gasteiger partial charge in [-0.1, -0.05) is 26.0 Å². The van der Waals surface area contributed by atoms with E-state index in [-0.39, 0.29) is 30.3 Å². The smallest absolute Gasteiger partial charge is 0.165 e. The van der Waals surface area contributed by atoms with Crippen LogP contribution < -0.4 is 10.1 Å². The van der Waals surface area contributed by atoms with Gasteiger partial charge in [-0.25, -0.2) is 4.39 Å². The minimum absolute atomic E-state index is 0.0101. The molecule has 4 heteroatoms.